The van der Waals surface area contributed by atoms with E-state index in [4.69, 9.17) is 4.74 Å². The minimum absolute atomic E-state index is 0.148. The van der Waals surface area contributed by atoms with Crippen molar-refractivity contribution in [1.29, 1.82) is 0 Å². The first-order valence-electron chi connectivity index (χ1n) is 9.71. The smallest absolute Gasteiger partial charge is 0.255 e. The Labute approximate surface area is 185 Å². The normalized spacial score (nSPS) is 14.8. The molecule has 31 heavy (non-hydrogen) atoms. The van der Waals surface area contributed by atoms with Gasteiger partial charge in [-0.25, -0.2) is 13.4 Å². The van der Waals surface area contributed by atoms with Gasteiger partial charge in [0.15, 0.2) is 0 Å². The van der Waals surface area contributed by atoms with E-state index >= 15 is 0 Å². The van der Waals surface area contributed by atoms with Crippen molar-refractivity contribution in [2.75, 3.05) is 31.6 Å². The molecule has 2 heterocycles. The van der Waals surface area contributed by atoms with Crippen molar-refractivity contribution in [1.82, 2.24) is 9.29 Å². The highest BCUT2D eigenvalue weighted by Crippen LogP contribution is 2.26. The maximum atomic E-state index is 12.8. The molecule has 0 bridgehead atoms. The van der Waals surface area contributed by atoms with Crippen LogP contribution in [0.1, 0.15) is 10.4 Å². The Morgan fingerprint density at radius 3 is 2.48 bits per heavy atom. The van der Waals surface area contributed by atoms with Crippen LogP contribution in [0.3, 0.4) is 0 Å². The molecule has 0 aliphatic carbocycles. The lowest BCUT2D eigenvalue weighted by Gasteiger charge is -2.26. The van der Waals surface area contributed by atoms with E-state index in [2.05, 4.69) is 10.3 Å². The van der Waals surface area contributed by atoms with Crippen LogP contribution < -0.4 is 5.32 Å². The second-order valence-electron chi connectivity index (χ2n) is 6.79. The molecule has 1 saturated heterocycles. The second kappa shape index (κ2) is 9.61. The zero-order valence-electron chi connectivity index (χ0n) is 16.6. The quantitative estimate of drug-likeness (QED) is 0.612. The number of ether oxygens (including phenoxy) is 1. The summed E-state index contributed by atoms with van der Waals surface area (Å²) in [5.41, 5.74) is 0.901. The van der Waals surface area contributed by atoms with E-state index in [1.807, 2.05) is 30.3 Å². The molecule has 1 amide bonds. The summed E-state index contributed by atoms with van der Waals surface area (Å²) in [7, 11) is -3.63. The van der Waals surface area contributed by atoms with Gasteiger partial charge in [-0.05, 0) is 54.6 Å². The monoisotopic (exact) mass is 455 g/mol. The van der Waals surface area contributed by atoms with Crippen LogP contribution in [0.4, 0.5) is 5.69 Å². The van der Waals surface area contributed by atoms with Gasteiger partial charge in [0.2, 0.25) is 10.0 Å². The average Bonchev–Trinajstić information content (AvgIpc) is 2.81. The lowest BCUT2D eigenvalue weighted by atomic mass is 10.2. The van der Waals surface area contributed by atoms with Crippen LogP contribution in [-0.2, 0) is 14.8 Å². The molecule has 0 spiro atoms. The molecule has 0 unspecified atom stereocenters. The molecule has 0 radical (unpaired) electrons. The first-order chi connectivity index (χ1) is 15.0. The predicted octanol–water partition coefficient (Wildman–Crippen LogP) is 3.51. The molecule has 0 saturated carbocycles. The van der Waals surface area contributed by atoms with E-state index in [9.17, 15) is 13.2 Å². The number of pyridine rings is 1. The molecule has 0 atom stereocenters. The van der Waals surface area contributed by atoms with E-state index in [1.165, 1.54) is 28.2 Å². The number of benzene rings is 2. The molecule has 160 valence electrons. The Morgan fingerprint density at radius 2 is 1.77 bits per heavy atom. The summed E-state index contributed by atoms with van der Waals surface area (Å²) in [6.07, 6.45) is 1.73. The van der Waals surface area contributed by atoms with Crippen LogP contribution in [0.5, 0.6) is 0 Å². The van der Waals surface area contributed by atoms with Crippen molar-refractivity contribution in [2.24, 2.45) is 0 Å². The summed E-state index contributed by atoms with van der Waals surface area (Å²) < 4.78 is 32.3. The van der Waals surface area contributed by atoms with Gasteiger partial charge in [-0.2, -0.15) is 4.31 Å². The van der Waals surface area contributed by atoms with Crippen LogP contribution >= 0.6 is 11.8 Å². The van der Waals surface area contributed by atoms with Crippen molar-refractivity contribution >= 4 is 33.4 Å². The highest BCUT2D eigenvalue weighted by atomic mass is 32.2. The standard InChI is InChI=1S/C22H21N3O4S2/c26-22(17-7-9-19(10-8-17)30-21-6-1-2-11-23-21)24-18-4-3-5-20(16-18)31(27,28)25-12-14-29-15-13-25/h1-11,16H,12-15H2,(H,24,26). The van der Waals surface area contributed by atoms with Gasteiger partial charge in [0.25, 0.3) is 5.91 Å². The highest BCUT2D eigenvalue weighted by Gasteiger charge is 2.26. The van der Waals surface area contributed by atoms with Crippen LogP contribution in [0, 0.1) is 0 Å². The Hall–Kier alpha value is -2.72. The number of hydrogen-bond acceptors (Lipinski definition) is 6. The lowest BCUT2D eigenvalue weighted by Crippen LogP contribution is -2.40. The van der Waals surface area contributed by atoms with Crippen molar-refractivity contribution in [3.05, 3.63) is 78.5 Å². The molecule has 1 N–H and O–H groups in total. The largest absolute Gasteiger partial charge is 0.379 e. The van der Waals surface area contributed by atoms with Gasteiger partial charge in [-0.1, -0.05) is 23.9 Å². The molecule has 1 aliphatic rings. The maximum Gasteiger partial charge on any atom is 0.255 e. The fourth-order valence-electron chi connectivity index (χ4n) is 3.08. The predicted molar refractivity (Wildman–Crippen MR) is 119 cm³/mol. The summed E-state index contributed by atoms with van der Waals surface area (Å²) in [5.74, 6) is -0.310. The minimum Gasteiger partial charge on any atom is -0.379 e. The molecule has 4 rings (SSSR count). The zero-order valence-corrected chi connectivity index (χ0v) is 18.2. The van der Waals surface area contributed by atoms with Crippen molar-refractivity contribution in [3.8, 4) is 0 Å². The molecule has 2 aromatic carbocycles. The van der Waals surface area contributed by atoms with Crippen molar-refractivity contribution < 1.29 is 17.9 Å². The number of anilines is 1. The average molecular weight is 456 g/mol. The number of amides is 1. The number of aromatic nitrogens is 1. The topological polar surface area (TPSA) is 88.6 Å². The SMILES string of the molecule is O=C(Nc1cccc(S(=O)(=O)N2CCOCC2)c1)c1ccc(Sc2ccccn2)cc1. The Bertz CT molecular complexity index is 1150. The van der Waals surface area contributed by atoms with E-state index < -0.39 is 10.0 Å². The Morgan fingerprint density at radius 1 is 1.00 bits per heavy atom. The van der Waals surface area contributed by atoms with Crippen molar-refractivity contribution in [3.63, 3.8) is 0 Å². The highest BCUT2D eigenvalue weighted by molar-refractivity contribution is 7.99. The van der Waals surface area contributed by atoms with E-state index in [0.717, 1.165) is 9.92 Å². The number of morpholine rings is 1. The van der Waals surface area contributed by atoms with Crippen molar-refractivity contribution in [2.45, 2.75) is 14.8 Å². The van der Waals surface area contributed by atoms with Gasteiger partial charge in [-0.3, -0.25) is 4.79 Å². The number of nitrogens with zero attached hydrogens (tertiary/aromatic N) is 2. The van der Waals surface area contributed by atoms with Crippen LogP contribution in [0.25, 0.3) is 0 Å². The summed E-state index contributed by atoms with van der Waals surface area (Å²) >= 11 is 1.51. The number of sulfonamides is 1. The third kappa shape index (κ3) is 5.31. The third-order valence-electron chi connectivity index (χ3n) is 4.68. The number of carbonyl (C=O) groups is 1. The minimum atomic E-state index is -3.63. The molecule has 7 nitrogen and oxygen atoms in total. The fraction of sp³-hybridized carbons (Fsp3) is 0.182. The van der Waals surface area contributed by atoms with E-state index in [1.54, 1.807) is 30.5 Å². The third-order valence-corrected chi connectivity index (χ3v) is 7.53. The van der Waals surface area contributed by atoms with Gasteiger partial charge in [-0.15, -0.1) is 0 Å². The molecular weight excluding hydrogens is 434 g/mol. The van der Waals surface area contributed by atoms with Crippen LogP contribution in [-0.4, -0.2) is 49.9 Å². The number of rotatable bonds is 6. The van der Waals surface area contributed by atoms with Gasteiger partial charge in [0.1, 0.15) is 5.03 Å². The molecule has 1 fully saturated rings. The fourth-order valence-corrected chi connectivity index (χ4v) is 5.30. The number of carbonyl (C=O) groups excluding carboxylic acids is 1. The molecular formula is C22H21N3O4S2. The number of nitrogens with one attached hydrogen (secondary N) is 1. The number of hydrogen-bond donors (Lipinski definition) is 1. The summed E-state index contributed by atoms with van der Waals surface area (Å²) in [6, 6.07) is 19.2. The maximum absolute atomic E-state index is 12.8. The van der Waals surface area contributed by atoms with E-state index in [0.29, 0.717) is 37.6 Å². The lowest BCUT2D eigenvalue weighted by molar-refractivity contribution is 0.0730. The van der Waals surface area contributed by atoms with Gasteiger partial charge in [0, 0.05) is 35.4 Å². The van der Waals surface area contributed by atoms with Gasteiger partial charge in [0.05, 0.1) is 18.1 Å². The van der Waals surface area contributed by atoms with E-state index in [-0.39, 0.29) is 10.8 Å². The van der Waals surface area contributed by atoms with Gasteiger partial charge < -0.3 is 10.1 Å². The first kappa shape index (κ1) is 21.5. The molecule has 1 aliphatic heterocycles. The first-order valence-corrected chi connectivity index (χ1v) is 12.0. The Balaban J connectivity index is 1.44. The summed E-state index contributed by atoms with van der Waals surface area (Å²) in [6.45, 7) is 1.40. The molecule has 3 aromatic rings. The van der Waals surface area contributed by atoms with Gasteiger partial charge >= 0.3 is 0 Å². The zero-order chi connectivity index (χ0) is 21.7. The Kier molecular flexibility index (Phi) is 6.67. The van der Waals surface area contributed by atoms with Crippen LogP contribution in [0.15, 0.2) is 87.7 Å². The van der Waals surface area contributed by atoms with Crippen LogP contribution in [0.2, 0.25) is 0 Å². The second-order valence-corrected chi connectivity index (χ2v) is 9.82. The molecule has 9 heteroatoms. The summed E-state index contributed by atoms with van der Waals surface area (Å²) in [5, 5.41) is 3.65. The molecule has 1 aromatic heterocycles. The summed E-state index contributed by atoms with van der Waals surface area (Å²) in [4.78, 5) is 18.0.